The Balaban J connectivity index is 2.63. The van der Waals surface area contributed by atoms with Crippen LogP contribution in [0.4, 0.5) is 0 Å². The number of fused-ring (bicyclic) bond motifs is 1. The Morgan fingerprint density at radius 1 is 1.40 bits per heavy atom. The lowest BCUT2D eigenvalue weighted by molar-refractivity contribution is 0.725. The van der Waals surface area contributed by atoms with Crippen LogP contribution in [0.5, 0.6) is 0 Å². The summed E-state index contributed by atoms with van der Waals surface area (Å²) in [5.41, 5.74) is 8.19. The fourth-order valence-corrected chi connectivity index (χ4v) is 2.73. The molecule has 0 bridgehead atoms. The average Bonchev–Trinajstić information content (AvgIpc) is 2.43. The van der Waals surface area contributed by atoms with E-state index < -0.39 is 0 Å². The van der Waals surface area contributed by atoms with Crippen molar-refractivity contribution >= 4 is 21.6 Å². The van der Waals surface area contributed by atoms with Crippen molar-refractivity contribution in [3.8, 4) is 0 Å². The zero-order chi connectivity index (χ0) is 11.0. The number of hydrogen-bond acceptors (Lipinski definition) is 4. The van der Waals surface area contributed by atoms with Gasteiger partial charge in [-0.3, -0.25) is 0 Å². The Hall–Kier alpha value is -1.00. The monoisotopic (exact) mass is 221 g/mol. The van der Waals surface area contributed by atoms with E-state index in [-0.39, 0.29) is 6.04 Å². The summed E-state index contributed by atoms with van der Waals surface area (Å²) in [6, 6.07) is 0.141. The maximum atomic E-state index is 5.82. The number of aryl methyl sites for hydroxylation is 2. The molecule has 0 fully saturated rings. The van der Waals surface area contributed by atoms with Gasteiger partial charge in [-0.2, -0.15) is 0 Å². The van der Waals surface area contributed by atoms with E-state index in [0.717, 1.165) is 16.9 Å². The van der Waals surface area contributed by atoms with Crippen LogP contribution in [0.2, 0.25) is 0 Å². The molecule has 4 heteroatoms. The summed E-state index contributed by atoms with van der Waals surface area (Å²) < 4.78 is 0. The first-order valence-corrected chi connectivity index (χ1v) is 5.86. The van der Waals surface area contributed by atoms with Crippen molar-refractivity contribution in [2.45, 2.75) is 33.2 Å². The molecule has 3 nitrogen and oxygen atoms in total. The first-order chi connectivity index (χ1) is 7.09. The molecule has 0 aliphatic carbocycles. The zero-order valence-corrected chi connectivity index (χ0v) is 10.1. The predicted molar refractivity (Wildman–Crippen MR) is 64.2 cm³/mol. The second-order valence-corrected chi connectivity index (χ2v) is 5.17. The highest BCUT2D eigenvalue weighted by molar-refractivity contribution is 7.18. The molecule has 2 aromatic rings. The maximum absolute atomic E-state index is 5.82. The molecule has 0 saturated heterocycles. The van der Waals surface area contributed by atoms with Crippen LogP contribution in [0.3, 0.4) is 0 Å². The van der Waals surface area contributed by atoms with E-state index in [0.29, 0.717) is 0 Å². The van der Waals surface area contributed by atoms with Crippen molar-refractivity contribution in [3.63, 3.8) is 0 Å². The third kappa shape index (κ3) is 1.87. The molecule has 0 spiro atoms. The Morgan fingerprint density at radius 2 is 2.13 bits per heavy atom. The minimum absolute atomic E-state index is 0.141. The zero-order valence-electron chi connectivity index (χ0n) is 9.24. The summed E-state index contributed by atoms with van der Waals surface area (Å²) >= 11 is 1.73. The second-order valence-electron chi connectivity index (χ2n) is 3.97. The summed E-state index contributed by atoms with van der Waals surface area (Å²) in [4.78, 5) is 11.0. The molecule has 15 heavy (non-hydrogen) atoms. The van der Waals surface area contributed by atoms with Crippen LogP contribution in [-0.4, -0.2) is 16.0 Å². The Bertz CT molecular complexity index is 488. The lowest BCUT2D eigenvalue weighted by Gasteiger charge is -2.05. The van der Waals surface area contributed by atoms with Crippen LogP contribution in [0.1, 0.15) is 23.1 Å². The lowest BCUT2D eigenvalue weighted by atomic mass is 10.1. The second kappa shape index (κ2) is 3.87. The molecule has 2 N–H and O–H groups in total. The van der Waals surface area contributed by atoms with Gasteiger partial charge in [-0.1, -0.05) is 0 Å². The molecule has 1 unspecified atom stereocenters. The van der Waals surface area contributed by atoms with Gasteiger partial charge in [0.25, 0.3) is 0 Å². The van der Waals surface area contributed by atoms with E-state index in [2.05, 4.69) is 23.8 Å². The van der Waals surface area contributed by atoms with E-state index in [9.17, 15) is 0 Å². The lowest BCUT2D eigenvalue weighted by Crippen LogP contribution is -2.18. The molecule has 0 aliphatic heterocycles. The highest BCUT2D eigenvalue weighted by Gasteiger charge is 2.12. The van der Waals surface area contributed by atoms with Gasteiger partial charge in [-0.15, -0.1) is 11.3 Å². The predicted octanol–water partition coefficient (Wildman–Crippen LogP) is 2.20. The number of hydrogen-bond donors (Lipinski definition) is 1. The number of nitrogens with two attached hydrogens (primary N) is 1. The Kier molecular flexibility index (Phi) is 2.71. The molecular formula is C11H15N3S. The molecular weight excluding hydrogens is 206 g/mol. The van der Waals surface area contributed by atoms with Gasteiger partial charge in [0.2, 0.25) is 0 Å². The van der Waals surface area contributed by atoms with Gasteiger partial charge < -0.3 is 5.73 Å². The summed E-state index contributed by atoms with van der Waals surface area (Å²) in [6.45, 7) is 6.25. The highest BCUT2D eigenvalue weighted by Crippen LogP contribution is 2.30. The van der Waals surface area contributed by atoms with Gasteiger partial charge in [0.05, 0.1) is 5.69 Å². The van der Waals surface area contributed by atoms with E-state index in [1.807, 2.05) is 6.92 Å². The quantitative estimate of drug-likeness (QED) is 0.845. The topological polar surface area (TPSA) is 51.8 Å². The van der Waals surface area contributed by atoms with E-state index in [1.54, 1.807) is 17.7 Å². The van der Waals surface area contributed by atoms with Gasteiger partial charge in [-0.25, -0.2) is 9.97 Å². The highest BCUT2D eigenvalue weighted by atomic mass is 32.1. The first kappa shape index (κ1) is 10.5. The molecule has 0 amide bonds. The average molecular weight is 221 g/mol. The van der Waals surface area contributed by atoms with Crippen LogP contribution in [0.25, 0.3) is 10.2 Å². The third-order valence-electron chi connectivity index (χ3n) is 2.56. The van der Waals surface area contributed by atoms with Crippen molar-refractivity contribution in [3.05, 3.63) is 22.5 Å². The maximum Gasteiger partial charge on any atom is 0.127 e. The van der Waals surface area contributed by atoms with Crippen LogP contribution < -0.4 is 5.73 Å². The van der Waals surface area contributed by atoms with Crippen molar-refractivity contribution < 1.29 is 0 Å². The van der Waals surface area contributed by atoms with Crippen LogP contribution >= 0.6 is 11.3 Å². The van der Waals surface area contributed by atoms with Crippen molar-refractivity contribution in [1.82, 2.24) is 9.97 Å². The van der Waals surface area contributed by atoms with Gasteiger partial charge in [0, 0.05) is 22.7 Å². The van der Waals surface area contributed by atoms with Crippen molar-refractivity contribution in [2.24, 2.45) is 5.73 Å². The van der Waals surface area contributed by atoms with Crippen LogP contribution in [0, 0.1) is 13.8 Å². The van der Waals surface area contributed by atoms with Gasteiger partial charge >= 0.3 is 0 Å². The normalized spacial score (nSPS) is 13.3. The van der Waals surface area contributed by atoms with Crippen LogP contribution in [0.15, 0.2) is 6.33 Å². The van der Waals surface area contributed by atoms with Gasteiger partial charge in [0.15, 0.2) is 0 Å². The molecule has 2 heterocycles. The molecule has 1 atom stereocenters. The summed E-state index contributed by atoms with van der Waals surface area (Å²) in [6.07, 6.45) is 2.45. The molecule has 0 aliphatic rings. The molecule has 0 radical (unpaired) electrons. The molecule has 0 aromatic carbocycles. The van der Waals surface area contributed by atoms with E-state index in [4.69, 9.17) is 5.73 Å². The minimum atomic E-state index is 0.141. The number of rotatable bonds is 2. The number of thiophene rings is 1. The summed E-state index contributed by atoms with van der Waals surface area (Å²) in [7, 11) is 0. The molecule has 2 rings (SSSR count). The number of nitrogens with zero attached hydrogens (tertiary/aromatic N) is 2. The third-order valence-corrected chi connectivity index (χ3v) is 3.67. The fraction of sp³-hybridized carbons (Fsp3) is 0.455. The molecule has 2 aromatic heterocycles. The summed E-state index contributed by atoms with van der Waals surface area (Å²) in [5.74, 6) is 0. The van der Waals surface area contributed by atoms with E-state index >= 15 is 0 Å². The summed E-state index contributed by atoms with van der Waals surface area (Å²) in [5, 5.41) is 1.21. The van der Waals surface area contributed by atoms with E-state index in [1.165, 1.54) is 15.8 Å². The Labute approximate surface area is 93.4 Å². The van der Waals surface area contributed by atoms with Gasteiger partial charge in [0.1, 0.15) is 11.2 Å². The SMILES string of the molecule is Cc1sc2ncnc(CC(C)N)c2c1C. The smallest absolute Gasteiger partial charge is 0.127 e. The largest absolute Gasteiger partial charge is 0.328 e. The van der Waals surface area contributed by atoms with Crippen molar-refractivity contribution in [1.29, 1.82) is 0 Å². The molecule has 80 valence electrons. The van der Waals surface area contributed by atoms with Crippen LogP contribution in [-0.2, 0) is 6.42 Å². The standard InChI is InChI=1S/C11H15N3S/c1-6(12)4-9-10-7(2)8(3)15-11(10)14-5-13-9/h5-6H,4,12H2,1-3H3. The fourth-order valence-electron chi connectivity index (χ4n) is 1.72. The first-order valence-electron chi connectivity index (χ1n) is 5.04. The van der Waals surface area contributed by atoms with Gasteiger partial charge in [-0.05, 0) is 26.3 Å². The molecule has 0 saturated carbocycles. The number of aromatic nitrogens is 2. The Morgan fingerprint density at radius 3 is 2.80 bits per heavy atom. The van der Waals surface area contributed by atoms with Crippen molar-refractivity contribution in [2.75, 3.05) is 0 Å². The minimum Gasteiger partial charge on any atom is -0.328 e.